The molecule has 0 aliphatic carbocycles. The topological polar surface area (TPSA) is 92.3 Å². The summed E-state index contributed by atoms with van der Waals surface area (Å²) in [7, 11) is -3.60. The molecule has 11 heteroatoms. The number of fused-ring (bicyclic) bond motifs is 1. The summed E-state index contributed by atoms with van der Waals surface area (Å²) in [6, 6.07) is 10.5. The van der Waals surface area contributed by atoms with Crippen molar-refractivity contribution in [2.45, 2.75) is 37.5 Å². The van der Waals surface area contributed by atoms with Crippen LogP contribution in [0.25, 0.3) is 10.2 Å². The number of benzene rings is 2. The lowest BCUT2D eigenvalue weighted by Crippen LogP contribution is -2.37. The van der Waals surface area contributed by atoms with Gasteiger partial charge in [0.1, 0.15) is 5.69 Å². The van der Waals surface area contributed by atoms with Crippen molar-refractivity contribution < 1.29 is 13.2 Å². The van der Waals surface area contributed by atoms with Crippen LogP contribution in [0.1, 0.15) is 44.8 Å². The predicted octanol–water partition coefficient (Wildman–Crippen LogP) is 5.84. The number of nitrogens with zero attached hydrogens (tertiary/aromatic N) is 3. The molecule has 0 atom stereocenters. The molecular weight excluding hydrogens is 524 g/mol. The molecule has 0 bridgehead atoms. The number of carbonyl (C=O) groups is 1. The molecule has 0 unspecified atom stereocenters. The third kappa shape index (κ3) is 4.99. The highest BCUT2D eigenvalue weighted by Crippen LogP contribution is 2.33. The molecule has 2 aromatic carbocycles. The molecule has 1 fully saturated rings. The number of thiazole rings is 2. The van der Waals surface area contributed by atoms with Gasteiger partial charge in [-0.1, -0.05) is 17.7 Å². The number of anilines is 1. The van der Waals surface area contributed by atoms with Crippen molar-refractivity contribution in [3.8, 4) is 0 Å². The highest BCUT2D eigenvalue weighted by Gasteiger charge is 2.31. The van der Waals surface area contributed by atoms with Crippen molar-refractivity contribution in [2.75, 3.05) is 18.4 Å². The van der Waals surface area contributed by atoms with Gasteiger partial charge in [0, 0.05) is 35.1 Å². The van der Waals surface area contributed by atoms with Crippen LogP contribution in [-0.2, 0) is 10.0 Å². The normalized spacial score (nSPS) is 15.5. The Bertz CT molecular complexity index is 1520. The summed E-state index contributed by atoms with van der Waals surface area (Å²) >= 11 is 9.20. The first-order valence-electron chi connectivity index (χ1n) is 11.1. The summed E-state index contributed by atoms with van der Waals surface area (Å²) < 4.78 is 28.7. The number of carbonyl (C=O) groups excluding carboxylic acids is 1. The van der Waals surface area contributed by atoms with E-state index in [1.807, 2.05) is 32.0 Å². The van der Waals surface area contributed by atoms with Gasteiger partial charge in [0.2, 0.25) is 10.0 Å². The molecule has 4 aromatic rings. The van der Waals surface area contributed by atoms with E-state index < -0.39 is 10.0 Å². The molecule has 182 valence electrons. The number of hydrogen-bond donors (Lipinski definition) is 1. The van der Waals surface area contributed by atoms with Crippen LogP contribution in [0.4, 0.5) is 5.69 Å². The van der Waals surface area contributed by atoms with Crippen LogP contribution in [0.15, 0.2) is 46.7 Å². The maximum absolute atomic E-state index is 13.0. The average molecular weight is 547 g/mol. The minimum absolute atomic E-state index is 0.115. The Morgan fingerprint density at radius 2 is 1.89 bits per heavy atom. The first-order chi connectivity index (χ1) is 16.7. The summed E-state index contributed by atoms with van der Waals surface area (Å²) in [5, 5.41) is 6.94. The number of aryl methyl sites for hydroxylation is 2. The molecule has 1 saturated heterocycles. The van der Waals surface area contributed by atoms with E-state index in [0.717, 1.165) is 25.8 Å². The summed E-state index contributed by atoms with van der Waals surface area (Å²) in [5.41, 5.74) is 2.74. The Morgan fingerprint density at radius 1 is 1.11 bits per heavy atom. The van der Waals surface area contributed by atoms with Gasteiger partial charge in [0.15, 0.2) is 0 Å². The number of aromatic nitrogens is 2. The smallest absolute Gasteiger partial charge is 0.275 e. The van der Waals surface area contributed by atoms with Crippen LogP contribution in [0.3, 0.4) is 0 Å². The first kappa shape index (κ1) is 24.3. The molecule has 1 N–H and O–H groups in total. The molecular formula is C24H23ClN4O3S3. The largest absolute Gasteiger partial charge is 0.321 e. The maximum atomic E-state index is 13.0. The van der Waals surface area contributed by atoms with Crippen molar-refractivity contribution in [3.63, 3.8) is 0 Å². The number of piperidine rings is 1. The number of hydrogen-bond acceptors (Lipinski definition) is 7. The van der Waals surface area contributed by atoms with Gasteiger partial charge in [-0.05, 0) is 62.6 Å². The minimum Gasteiger partial charge on any atom is -0.321 e. The number of halogens is 1. The second-order valence-electron chi connectivity index (χ2n) is 8.53. The van der Waals surface area contributed by atoms with Gasteiger partial charge in [-0.3, -0.25) is 4.79 Å². The van der Waals surface area contributed by atoms with Crippen LogP contribution in [-0.4, -0.2) is 41.7 Å². The van der Waals surface area contributed by atoms with Crippen molar-refractivity contribution >= 4 is 66.1 Å². The molecule has 2 aromatic heterocycles. The van der Waals surface area contributed by atoms with Crippen molar-refractivity contribution in [1.29, 1.82) is 0 Å². The standard InChI is InChI=1S/C24H23ClN4O3S3/c1-14-3-5-18(12-19(14)25)35(31,32)29-9-7-16(8-10-29)24-28-21(13-33-24)23(30)27-17-4-6-22-20(11-17)26-15(2)34-22/h3-6,11-13,16H,7-10H2,1-2H3,(H,27,30). The Balaban J connectivity index is 1.23. The molecule has 0 saturated carbocycles. The SMILES string of the molecule is Cc1nc2cc(NC(=O)c3csc(C4CCN(S(=O)(=O)c5ccc(C)c(Cl)c5)CC4)n3)ccc2s1. The van der Waals surface area contributed by atoms with E-state index in [2.05, 4.69) is 15.3 Å². The van der Waals surface area contributed by atoms with Crippen LogP contribution in [0, 0.1) is 13.8 Å². The monoisotopic (exact) mass is 546 g/mol. The second kappa shape index (κ2) is 9.59. The average Bonchev–Trinajstić information content (AvgIpc) is 3.47. The number of rotatable bonds is 5. The molecule has 0 radical (unpaired) electrons. The fourth-order valence-electron chi connectivity index (χ4n) is 4.12. The predicted molar refractivity (Wildman–Crippen MR) is 141 cm³/mol. The molecule has 0 spiro atoms. The van der Waals surface area contributed by atoms with Crippen LogP contribution < -0.4 is 5.32 Å². The van der Waals surface area contributed by atoms with Gasteiger partial charge < -0.3 is 5.32 Å². The van der Waals surface area contributed by atoms with Gasteiger partial charge in [0.25, 0.3) is 5.91 Å². The second-order valence-corrected chi connectivity index (χ2v) is 13.0. The zero-order valence-electron chi connectivity index (χ0n) is 19.1. The number of nitrogens with one attached hydrogen (secondary N) is 1. The van der Waals surface area contributed by atoms with Gasteiger partial charge in [-0.15, -0.1) is 22.7 Å². The summed E-state index contributed by atoms with van der Waals surface area (Å²) in [6.45, 7) is 4.59. The molecule has 5 rings (SSSR count). The zero-order valence-corrected chi connectivity index (χ0v) is 22.3. The van der Waals surface area contributed by atoms with Gasteiger partial charge in [-0.25, -0.2) is 18.4 Å². The van der Waals surface area contributed by atoms with Crippen LogP contribution in [0.5, 0.6) is 0 Å². The lowest BCUT2D eigenvalue weighted by atomic mass is 9.99. The van der Waals surface area contributed by atoms with E-state index in [1.54, 1.807) is 28.8 Å². The zero-order chi connectivity index (χ0) is 24.7. The van der Waals surface area contributed by atoms with Gasteiger partial charge in [-0.2, -0.15) is 4.31 Å². The van der Waals surface area contributed by atoms with E-state index >= 15 is 0 Å². The van der Waals surface area contributed by atoms with Crippen LogP contribution >= 0.6 is 34.3 Å². The van der Waals surface area contributed by atoms with E-state index in [4.69, 9.17) is 11.6 Å². The van der Waals surface area contributed by atoms with Gasteiger partial charge >= 0.3 is 0 Å². The molecule has 1 aliphatic rings. The first-order valence-corrected chi connectivity index (χ1v) is 14.6. The summed E-state index contributed by atoms with van der Waals surface area (Å²) in [6.07, 6.45) is 1.29. The number of sulfonamides is 1. The van der Waals surface area contributed by atoms with Crippen molar-refractivity contribution in [1.82, 2.24) is 14.3 Å². The fraction of sp³-hybridized carbons (Fsp3) is 0.292. The Morgan fingerprint density at radius 3 is 2.63 bits per heavy atom. The van der Waals surface area contributed by atoms with Crippen molar-refractivity contribution in [3.05, 3.63) is 68.1 Å². The van der Waals surface area contributed by atoms with E-state index in [9.17, 15) is 13.2 Å². The molecule has 1 aliphatic heterocycles. The summed E-state index contributed by atoms with van der Waals surface area (Å²) in [4.78, 5) is 22.0. The van der Waals surface area contributed by atoms with E-state index in [1.165, 1.54) is 21.7 Å². The Hall–Kier alpha value is -2.37. The van der Waals surface area contributed by atoms with E-state index in [0.29, 0.717) is 42.3 Å². The fourth-order valence-corrected chi connectivity index (χ4v) is 7.64. The number of amides is 1. The van der Waals surface area contributed by atoms with Crippen molar-refractivity contribution in [2.24, 2.45) is 0 Å². The highest BCUT2D eigenvalue weighted by atomic mass is 35.5. The minimum atomic E-state index is -3.60. The quantitative estimate of drug-likeness (QED) is 0.339. The lowest BCUT2D eigenvalue weighted by molar-refractivity contribution is 0.102. The third-order valence-corrected chi connectivity index (χ3v) is 10.4. The van der Waals surface area contributed by atoms with E-state index in [-0.39, 0.29) is 16.7 Å². The molecule has 3 heterocycles. The lowest BCUT2D eigenvalue weighted by Gasteiger charge is -2.30. The maximum Gasteiger partial charge on any atom is 0.275 e. The molecule has 1 amide bonds. The molecule has 7 nitrogen and oxygen atoms in total. The van der Waals surface area contributed by atoms with Crippen LogP contribution in [0.2, 0.25) is 5.02 Å². The molecule has 35 heavy (non-hydrogen) atoms. The van der Waals surface area contributed by atoms with Gasteiger partial charge in [0.05, 0.1) is 25.1 Å². The Kier molecular flexibility index (Phi) is 6.67. The Labute approximate surface area is 216 Å². The highest BCUT2D eigenvalue weighted by molar-refractivity contribution is 7.89. The third-order valence-electron chi connectivity index (χ3n) is 6.09. The summed E-state index contributed by atoms with van der Waals surface area (Å²) in [5.74, 6) is -0.154.